The number of alkyl halides is 3. The summed E-state index contributed by atoms with van der Waals surface area (Å²) in [6, 6.07) is 3.38. The van der Waals surface area contributed by atoms with E-state index < -0.39 is 17.9 Å². The highest BCUT2D eigenvalue weighted by molar-refractivity contribution is 5.85. The van der Waals surface area contributed by atoms with Crippen molar-refractivity contribution < 1.29 is 22.7 Å². The first kappa shape index (κ1) is 20.8. The maximum Gasteiger partial charge on any atom is 0.573 e. The first-order valence-corrected chi connectivity index (χ1v) is 9.19. The molecule has 1 unspecified atom stereocenters. The van der Waals surface area contributed by atoms with Gasteiger partial charge in [0, 0.05) is 24.5 Å². The molecule has 1 fully saturated rings. The summed E-state index contributed by atoms with van der Waals surface area (Å²) in [7, 11) is 1.82. The van der Waals surface area contributed by atoms with Crippen LogP contribution in [0.1, 0.15) is 30.9 Å². The number of allylic oxidation sites excluding steroid dienone is 1. The SMILES string of the molecule is C=CCc1cc(OC(F)(F)F)ccc1NC(C)C(=O)NC1(c2cnn(C)c2)CC1. The minimum atomic E-state index is -4.77. The molecule has 1 atom stereocenters. The Morgan fingerprint density at radius 3 is 2.72 bits per heavy atom. The number of nitrogens with zero attached hydrogens (tertiary/aromatic N) is 2. The van der Waals surface area contributed by atoms with Crippen molar-refractivity contribution in [1.29, 1.82) is 0 Å². The third-order valence-corrected chi connectivity index (χ3v) is 4.81. The lowest BCUT2D eigenvalue weighted by molar-refractivity contribution is -0.274. The third kappa shape index (κ3) is 5.10. The third-order valence-electron chi connectivity index (χ3n) is 4.81. The maximum atomic E-state index is 12.7. The van der Waals surface area contributed by atoms with Crippen molar-refractivity contribution in [1.82, 2.24) is 15.1 Å². The van der Waals surface area contributed by atoms with Crippen LogP contribution in [0, 0.1) is 0 Å². The summed E-state index contributed by atoms with van der Waals surface area (Å²) in [4.78, 5) is 12.7. The highest BCUT2D eigenvalue weighted by atomic mass is 19.4. The molecule has 0 bridgehead atoms. The van der Waals surface area contributed by atoms with Gasteiger partial charge in [0.25, 0.3) is 0 Å². The molecule has 2 aromatic rings. The van der Waals surface area contributed by atoms with Gasteiger partial charge in [-0.15, -0.1) is 19.8 Å². The van der Waals surface area contributed by atoms with Crippen LogP contribution in [0.25, 0.3) is 0 Å². The van der Waals surface area contributed by atoms with Crippen LogP contribution in [0.2, 0.25) is 0 Å². The molecule has 29 heavy (non-hydrogen) atoms. The summed E-state index contributed by atoms with van der Waals surface area (Å²) in [6.07, 6.45) is 2.43. The molecule has 1 saturated carbocycles. The van der Waals surface area contributed by atoms with E-state index in [2.05, 4.69) is 27.0 Å². The molecule has 1 amide bonds. The van der Waals surface area contributed by atoms with Crippen LogP contribution < -0.4 is 15.4 Å². The predicted molar refractivity (Wildman–Crippen MR) is 102 cm³/mol. The van der Waals surface area contributed by atoms with Gasteiger partial charge in [-0.25, -0.2) is 0 Å². The number of benzene rings is 1. The van der Waals surface area contributed by atoms with Crippen LogP contribution in [-0.4, -0.2) is 28.1 Å². The van der Waals surface area contributed by atoms with E-state index in [0.717, 1.165) is 18.4 Å². The molecule has 1 heterocycles. The van der Waals surface area contributed by atoms with Crippen molar-refractivity contribution in [3.8, 4) is 5.75 Å². The van der Waals surface area contributed by atoms with Gasteiger partial charge in [-0.05, 0) is 49.9 Å². The summed E-state index contributed by atoms with van der Waals surface area (Å²) < 4.78 is 43.1. The number of halogens is 3. The van der Waals surface area contributed by atoms with Gasteiger partial charge in [-0.1, -0.05) is 6.08 Å². The molecule has 1 aromatic carbocycles. The van der Waals surface area contributed by atoms with Crippen LogP contribution in [0.5, 0.6) is 5.75 Å². The lowest BCUT2D eigenvalue weighted by atomic mass is 10.1. The number of ether oxygens (including phenoxy) is 1. The molecule has 3 rings (SSSR count). The van der Waals surface area contributed by atoms with Gasteiger partial charge in [-0.2, -0.15) is 5.10 Å². The van der Waals surface area contributed by atoms with Gasteiger partial charge in [0.1, 0.15) is 11.8 Å². The van der Waals surface area contributed by atoms with Crippen LogP contribution in [0.4, 0.5) is 18.9 Å². The molecular formula is C20H23F3N4O2. The minimum Gasteiger partial charge on any atom is -0.406 e. The van der Waals surface area contributed by atoms with Gasteiger partial charge < -0.3 is 15.4 Å². The second-order valence-corrected chi connectivity index (χ2v) is 7.20. The minimum absolute atomic E-state index is 0.202. The Labute approximate surface area is 166 Å². The fourth-order valence-electron chi connectivity index (χ4n) is 3.15. The number of nitrogens with one attached hydrogen (secondary N) is 2. The number of hydrogen-bond donors (Lipinski definition) is 2. The zero-order valence-electron chi connectivity index (χ0n) is 16.2. The quantitative estimate of drug-likeness (QED) is 0.655. The molecule has 0 saturated heterocycles. The Morgan fingerprint density at radius 1 is 1.45 bits per heavy atom. The number of aryl methyl sites for hydroxylation is 1. The van der Waals surface area contributed by atoms with Crippen molar-refractivity contribution in [2.45, 2.75) is 44.1 Å². The maximum absolute atomic E-state index is 12.7. The fourth-order valence-corrected chi connectivity index (χ4v) is 3.15. The summed E-state index contributed by atoms with van der Waals surface area (Å²) >= 11 is 0. The molecule has 6 nitrogen and oxygen atoms in total. The summed E-state index contributed by atoms with van der Waals surface area (Å²) in [6.45, 7) is 5.33. The Bertz CT molecular complexity index is 903. The van der Waals surface area contributed by atoms with E-state index in [1.807, 2.05) is 13.2 Å². The van der Waals surface area contributed by atoms with Crippen LogP contribution >= 0.6 is 0 Å². The summed E-state index contributed by atoms with van der Waals surface area (Å²) in [5.41, 5.74) is 1.67. The first-order valence-electron chi connectivity index (χ1n) is 9.19. The van der Waals surface area contributed by atoms with E-state index in [0.29, 0.717) is 17.7 Å². The van der Waals surface area contributed by atoms with Gasteiger partial charge in [0.2, 0.25) is 5.91 Å². The van der Waals surface area contributed by atoms with Crippen LogP contribution in [0.15, 0.2) is 43.2 Å². The van der Waals surface area contributed by atoms with Crippen molar-refractivity contribution in [2.24, 2.45) is 7.05 Å². The Balaban J connectivity index is 1.70. The van der Waals surface area contributed by atoms with E-state index >= 15 is 0 Å². The predicted octanol–water partition coefficient (Wildman–Crippen LogP) is 3.65. The molecule has 156 valence electrons. The second-order valence-electron chi connectivity index (χ2n) is 7.20. The topological polar surface area (TPSA) is 68.2 Å². The first-order chi connectivity index (χ1) is 13.6. The normalized spacial score (nSPS) is 16.0. The van der Waals surface area contributed by atoms with E-state index in [1.54, 1.807) is 23.9 Å². The number of hydrogen-bond acceptors (Lipinski definition) is 4. The van der Waals surface area contributed by atoms with Crippen molar-refractivity contribution in [3.05, 3.63) is 54.4 Å². The monoisotopic (exact) mass is 408 g/mol. The van der Waals surface area contributed by atoms with Gasteiger partial charge in [0.15, 0.2) is 0 Å². The molecule has 9 heteroatoms. The van der Waals surface area contributed by atoms with E-state index in [4.69, 9.17) is 0 Å². The van der Waals surface area contributed by atoms with Crippen LogP contribution in [0.3, 0.4) is 0 Å². The zero-order chi connectivity index (χ0) is 21.2. The van der Waals surface area contributed by atoms with Gasteiger partial charge >= 0.3 is 6.36 Å². The smallest absolute Gasteiger partial charge is 0.406 e. The number of aromatic nitrogens is 2. The van der Waals surface area contributed by atoms with Crippen molar-refractivity contribution in [2.75, 3.05) is 5.32 Å². The lowest BCUT2D eigenvalue weighted by Crippen LogP contribution is -2.43. The molecule has 0 spiro atoms. The molecular weight excluding hydrogens is 385 g/mol. The van der Waals surface area contributed by atoms with E-state index in [9.17, 15) is 18.0 Å². The lowest BCUT2D eigenvalue weighted by Gasteiger charge is -2.22. The van der Waals surface area contributed by atoms with Crippen LogP contribution in [-0.2, 0) is 23.8 Å². The van der Waals surface area contributed by atoms with E-state index in [1.165, 1.54) is 18.2 Å². The average Bonchev–Trinajstić information content (AvgIpc) is 3.27. The number of carbonyl (C=O) groups is 1. The summed E-state index contributed by atoms with van der Waals surface area (Å²) in [5.74, 6) is -0.517. The van der Waals surface area contributed by atoms with E-state index in [-0.39, 0.29) is 11.7 Å². The average molecular weight is 408 g/mol. The zero-order valence-corrected chi connectivity index (χ0v) is 16.2. The number of amides is 1. The number of anilines is 1. The van der Waals surface area contributed by atoms with Crippen molar-refractivity contribution in [3.63, 3.8) is 0 Å². The molecule has 0 radical (unpaired) electrons. The van der Waals surface area contributed by atoms with Crippen molar-refractivity contribution >= 4 is 11.6 Å². The Morgan fingerprint density at radius 2 is 2.17 bits per heavy atom. The Hall–Kier alpha value is -2.97. The molecule has 1 aromatic heterocycles. The number of carbonyl (C=O) groups excluding carboxylic acids is 1. The highest BCUT2D eigenvalue weighted by Crippen LogP contribution is 2.45. The number of rotatable bonds is 8. The molecule has 1 aliphatic rings. The standard InChI is InChI=1S/C20H23F3N4O2/c1-4-5-14-10-16(29-20(21,22)23)6-7-17(14)25-13(2)18(28)26-19(8-9-19)15-11-24-27(3)12-15/h4,6-7,10-13,25H,1,5,8-9H2,2-3H3,(H,26,28). The fraction of sp³-hybridized carbons (Fsp3) is 0.400. The van der Waals surface area contributed by atoms with Gasteiger partial charge in [-0.3, -0.25) is 9.48 Å². The molecule has 0 aliphatic heterocycles. The second kappa shape index (κ2) is 7.81. The highest BCUT2D eigenvalue weighted by Gasteiger charge is 2.47. The Kier molecular flexibility index (Phi) is 5.59. The molecule has 1 aliphatic carbocycles. The van der Waals surface area contributed by atoms with Gasteiger partial charge in [0.05, 0.1) is 11.7 Å². The molecule has 2 N–H and O–H groups in total. The summed E-state index contributed by atoms with van der Waals surface area (Å²) in [5, 5.41) is 10.3. The largest absolute Gasteiger partial charge is 0.573 e.